The molecule has 2 aromatic carbocycles. The van der Waals surface area contributed by atoms with Gasteiger partial charge in [-0.3, -0.25) is 13.8 Å². The first-order valence-corrected chi connectivity index (χ1v) is 9.14. The Morgan fingerprint density at radius 3 is 2.38 bits per heavy atom. The topological polar surface area (TPSA) is 89.3 Å². The zero-order valence-electron chi connectivity index (χ0n) is 13.8. The molecule has 138 valence electrons. The number of nitrogens with two attached hydrogens (primary N) is 1. The van der Waals surface area contributed by atoms with Gasteiger partial charge in [-0.05, 0) is 36.2 Å². The van der Waals surface area contributed by atoms with Gasteiger partial charge in [-0.1, -0.05) is 24.3 Å². The second-order valence-electron chi connectivity index (χ2n) is 5.60. The molecular weight excluding hydrogens is 362 g/mol. The Kier molecular flexibility index (Phi) is 6.97. The summed E-state index contributed by atoms with van der Waals surface area (Å²) in [6.07, 6.45) is -0.136. The van der Waals surface area contributed by atoms with Crippen molar-refractivity contribution in [2.24, 2.45) is 5.73 Å². The molecule has 0 bridgehead atoms. The third kappa shape index (κ3) is 5.73. The van der Waals surface area contributed by atoms with Crippen molar-refractivity contribution in [1.29, 1.82) is 0 Å². The summed E-state index contributed by atoms with van der Waals surface area (Å²) in [7, 11) is -1.33. The van der Waals surface area contributed by atoms with Gasteiger partial charge in [0.05, 0.1) is 17.2 Å². The van der Waals surface area contributed by atoms with E-state index in [2.05, 4.69) is 5.32 Å². The first-order valence-electron chi connectivity index (χ1n) is 7.83. The SMILES string of the molecule is NC(=O)[C@H](CC[S@](=O)c1ccccc1)NC(=O)Cc1ccc(F)c(F)c1. The summed E-state index contributed by atoms with van der Waals surface area (Å²) in [4.78, 5) is 24.2. The van der Waals surface area contributed by atoms with E-state index in [1.54, 1.807) is 30.3 Å². The van der Waals surface area contributed by atoms with E-state index in [4.69, 9.17) is 5.73 Å². The van der Waals surface area contributed by atoms with E-state index < -0.39 is 40.3 Å². The number of primary amides is 1. The van der Waals surface area contributed by atoms with Gasteiger partial charge in [0.15, 0.2) is 11.6 Å². The van der Waals surface area contributed by atoms with E-state index in [0.717, 1.165) is 12.1 Å². The lowest BCUT2D eigenvalue weighted by Crippen LogP contribution is -2.45. The summed E-state index contributed by atoms with van der Waals surface area (Å²) in [5.41, 5.74) is 5.55. The molecule has 0 unspecified atom stereocenters. The molecule has 0 saturated carbocycles. The number of rotatable bonds is 8. The number of benzene rings is 2. The van der Waals surface area contributed by atoms with Gasteiger partial charge < -0.3 is 11.1 Å². The summed E-state index contributed by atoms with van der Waals surface area (Å²) < 4.78 is 38.3. The van der Waals surface area contributed by atoms with Gasteiger partial charge in [0, 0.05) is 10.6 Å². The summed E-state index contributed by atoms with van der Waals surface area (Å²) >= 11 is 0. The molecule has 2 aromatic rings. The number of carbonyl (C=O) groups excluding carboxylic acids is 2. The highest BCUT2D eigenvalue weighted by Gasteiger charge is 2.20. The van der Waals surface area contributed by atoms with Crippen molar-refractivity contribution in [3.8, 4) is 0 Å². The molecule has 8 heteroatoms. The Morgan fingerprint density at radius 1 is 1.08 bits per heavy atom. The molecule has 2 rings (SSSR count). The largest absolute Gasteiger partial charge is 0.368 e. The third-order valence-electron chi connectivity index (χ3n) is 3.63. The summed E-state index contributed by atoms with van der Waals surface area (Å²) in [5.74, 6) is -3.24. The van der Waals surface area contributed by atoms with Gasteiger partial charge in [0.25, 0.3) is 0 Å². The van der Waals surface area contributed by atoms with Crippen LogP contribution in [0.4, 0.5) is 8.78 Å². The minimum Gasteiger partial charge on any atom is -0.368 e. The Bertz CT molecular complexity index is 815. The zero-order chi connectivity index (χ0) is 19.1. The van der Waals surface area contributed by atoms with Gasteiger partial charge in [0.1, 0.15) is 6.04 Å². The smallest absolute Gasteiger partial charge is 0.240 e. The first kappa shape index (κ1) is 19.7. The molecule has 0 aliphatic carbocycles. The molecule has 2 amide bonds. The van der Waals surface area contributed by atoms with Crippen LogP contribution in [0.2, 0.25) is 0 Å². The third-order valence-corrected chi connectivity index (χ3v) is 5.03. The number of nitrogens with one attached hydrogen (secondary N) is 1. The Hall–Kier alpha value is -2.61. The fourth-order valence-corrected chi connectivity index (χ4v) is 3.43. The quantitative estimate of drug-likeness (QED) is 0.730. The van der Waals surface area contributed by atoms with E-state index in [-0.39, 0.29) is 24.2 Å². The predicted molar refractivity (Wildman–Crippen MR) is 93.5 cm³/mol. The number of carbonyl (C=O) groups is 2. The molecule has 0 aliphatic rings. The van der Waals surface area contributed by atoms with Gasteiger partial charge >= 0.3 is 0 Å². The molecule has 0 heterocycles. The van der Waals surface area contributed by atoms with Crippen LogP contribution in [0, 0.1) is 11.6 Å². The minimum atomic E-state index is -1.33. The molecule has 0 fully saturated rings. The maximum absolute atomic E-state index is 13.2. The molecule has 2 atom stereocenters. The number of amides is 2. The standard InChI is InChI=1S/C18H18F2N2O3S/c19-14-7-6-12(10-15(14)20)11-17(23)22-16(18(21)24)8-9-26(25)13-4-2-1-3-5-13/h1-7,10,16H,8-9,11H2,(H2,21,24)(H,22,23)/t16-,26-/m0/s1. The van der Waals surface area contributed by atoms with Crippen molar-refractivity contribution < 1.29 is 22.6 Å². The Morgan fingerprint density at radius 2 is 1.77 bits per heavy atom. The molecule has 0 saturated heterocycles. The lowest BCUT2D eigenvalue weighted by Gasteiger charge is -2.15. The van der Waals surface area contributed by atoms with Crippen LogP contribution >= 0.6 is 0 Å². The molecule has 0 radical (unpaired) electrons. The van der Waals surface area contributed by atoms with Crippen molar-refractivity contribution >= 4 is 22.6 Å². The molecule has 26 heavy (non-hydrogen) atoms. The number of hydrogen-bond acceptors (Lipinski definition) is 3. The van der Waals surface area contributed by atoms with Gasteiger partial charge in [0.2, 0.25) is 11.8 Å². The van der Waals surface area contributed by atoms with E-state index in [9.17, 15) is 22.6 Å². The van der Waals surface area contributed by atoms with E-state index in [1.165, 1.54) is 6.07 Å². The van der Waals surface area contributed by atoms with Gasteiger partial charge in [-0.2, -0.15) is 0 Å². The second-order valence-corrected chi connectivity index (χ2v) is 7.17. The van der Waals surface area contributed by atoms with Crippen molar-refractivity contribution in [2.75, 3.05) is 5.75 Å². The van der Waals surface area contributed by atoms with Gasteiger partial charge in [-0.25, -0.2) is 8.78 Å². The average molecular weight is 380 g/mol. The maximum Gasteiger partial charge on any atom is 0.240 e. The summed E-state index contributed by atoms with van der Waals surface area (Å²) in [6, 6.07) is 10.8. The summed E-state index contributed by atoms with van der Waals surface area (Å²) in [5, 5.41) is 2.44. The van der Waals surface area contributed by atoms with Crippen molar-refractivity contribution in [3.05, 3.63) is 65.7 Å². The number of hydrogen-bond donors (Lipinski definition) is 2. The Balaban J connectivity index is 1.92. The maximum atomic E-state index is 13.2. The highest BCUT2D eigenvalue weighted by molar-refractivity contribution is 7.85. The van der Waals surface area contributed by atoms with Crippen molar-refractivity contribution in [1.82, 2.24) is 5.32 Å². The highest BCUT2D eigenvalue weighted by atomic mass is 32.2. The number of halogens is 2. The monoisotopic (exact) mass is 380 g/mol. The van der Waals surface area contributed by atoms with Crippen LogP contribution in [0.3, 0.4) is 0 Å². The van der Waals surface area contributed by atoms with Crippen LogP contribution in [0.15, 0.2) is 53.4 Å². The molecule has 0 aliphatic heterocycles. The van der Waals surface area contributed by atoms with Crippen molar-refractivity contribution in [3.63, 3.8) is 0 Å². The second kappa shape index (κ2) is 9.19. The normalized spacial score (nSPS) is 13.0. The van der Waals surface area contributed by atoms with E-state index >= 15 is 0 Å². The average Bonchev–Trinajstić information content (AvgIpc) is 2.62. The van der Waals surface area contributed by atoms with E-state index in [1.807, 2.05) is 0 Å². The van der Waals surface area contributed by atoms with Crippen LogP contribution in [0.25, 0.3) is 0 Å². The van der Waals surface area contributed by atoms with Crippen LogP contribution in [-0.2, 0) is 26.8 Å². The lowest BCUT2D eigenvalue weighted by atomic mass is 10.1. The minimum absolute atomic E-state index is 0.0976. The van der Waals surface area contributed by atoms with Crippen LogP contribution in [0.5, 0.6) is 0 Å². The molecule has 0 aromatic heterocycles. The fourth-order valence-electron chi connectivity index (χ4n) is 2.28. The van der Waals surface area contributed by atoms with E-state index in [0.29, 0.717) is 4.90 Å². The summed E-state index contributed by atoms with van der Waals surface area (Å²) in [6.45, 7) is 0. The fraction of sp³-hybridized carbons (Fsp3) is 0.222. The van der Waals surface area contributed by atoms with Crippen LogP contribution < -0.4 is 11.1 Å². The molecule has 0 spiro atoms. The first-order chi connectivity index (χ1) is 12.4. The molecule has 3 N–H and O–H groups in total. The Labute approximate surface area is 152 Å². The predicted octanol–water partition coefficient (Wildman–Crippen LogP) is 1.68. The van der Waals surface area contributed by atoms with Crippen LogP contribution in [-0.4, -0.2) is 27.8 Å². The van der Waals surface area contributed by atoms with Crippen LogP contribution in [0.1, 0.15) is 12.0 Å². The lowest BCUT2D eigenvalue weighted by molar-refractivity contribution is -0.127. The van der Waals surface area contributed by atoms with Gasteiger partial charge in [-0.15, -0.1) is 0 Å². The van der Waals surface area contributed by atoms with Crippen molar-refractivity contribution in [2.45, 2.75) is 23.8 Å². The molecule has 5 nitrogen and oxygen atoms in total. The molecular formula is C18H18F2N2O3S. The highest BCUT2D eigenvalue weighted by Crippen LogP contribution is 2.10. The zero-order valence-corrected chi connectivity index (χ0v) is 14.6.